The molecule has 0 aliphatic carbocycles. The minimum absolute atomic E-state index is 0.0346. The van der Waals surface area contributed by atoms with E-state index >= 15 is 0 Å². The van der Waals surface area contributed by atoms with Crippen LogP contribution in [0.15, 0.2) is 33.6 Å². The van der Waals surface area contributed by atoms with Crippen LogP contribution in [0, 0.1) is 5.92 Å². The zero-order valence-corrected chi connectivity index (χ0v) is 11.1. The third-order valence-corrected chi connectivity index (χ3v) is 4.52. The Bertz CT molecular complexity index is 723. The third-order valence-electron chi connectivity index (χ3n) is 3.17. The maximum atomic E-state index is 12.1. The van der Waals surface area contributed by atoms with Crippen LogP contribution in [0.2, 0.25) is 0 Å². The van der Waals surface area contributed by atoms with Crippen LogP contribution in [0.4, 0.5) is 5.69 Å². The van der Waals surface area contributed by atoms with Crippen molar-refractivity contribution in [3.8, 4) is 0 Å². The lowest BCUT2D eigenvalue weighted by Crippen LogP contribution is -2.49. The van der Waals surface area contributed by atoms with Crippen LogP contribution in [0.3, 0.4) is 0 Å². The predicted octanol–water partition coefficient (Wildman–Crippen LogP) is -0.0955. The Morgan fingerprint density at radius 1 is 1.20 bits per heavy atom. The molecule has 1 aromatic carbocycles. The molecule has 7 nitrogen and oxygen atoms in total. The highest BCUT2D eigenvalue weighted by Gasteiger charge is 2.38. The zero-order chi connectivity index (χ0) is 14.3. The van der Waals surface area contributed by atoms with Crippen molar-refractivity contribution >= 4 is 33.2 Å². The second-order valence-corrected chi connectivity index (χ2v) is 6.09. The minimum Gasteiger partial charge on any atom is -0.355 e. The molecule has 0 spiro atoms. The van der Waals surface area contributed by atoms with Gasteiger partial charge in [-0.2, -0.15) is 8.42 Å². The van der Waals surface area contributed by atoms with Crippen molar-refractivity contribution in [2.45, 2.75) is 11.3 Å². The molecule has 104 valence electrons. The Balaban J connectivity index is 2.07. The number of piperidine rings is 1. The standard InChI is InChI=1S/C12H11N3O4S/c16-8-5-6-13-12(17)10(8)11-14-7-3-1-2-4-9(7)20(18,19)15-11/h1-4,10H,5-6H2,(H,13,17)(H,14,15). The van der Waals surface area contributed by atoms with Crippen molar-refractivity contribution in [3.05, 3.63) is 24.3 Å². The average Bonchev–Trinajstić information content (AvgIpc) is 2.38. The van der Waals surface area contributed by atoms with Crippen LogP contribution in [-0.2, 0) is 19.6 Å². The second-order valence-electron chi connectivity index (χ2n) is 4.51. The number of amidine groups is 1. The fourth-order valence-electron chi connectivity index (χ4n) is 2.24. The summed E-state index contributed by atoms with van der Waals surface area (Å²) >= 11 is 0. The summed E-state index contributed by atoms with van der Waals surface area (Å²) in [4.78, 5) is 23.7. The van der Waals surface area contributed by atoms with Gasteiger partial charge in [0.15, 0.2) is 11.7 Å². The number of para-hydroxylation sites is 1. The summed E-state index contributed by atoms with van der Waals surface area (Å²) < 4.78 is 27.7. The van der Waals surface area contributed by atoms with Gasteiger partial charge in [0, 0.05) is 13.0 Å². The van der Waals surface area contributed by atoms with E-state index in [1.54, 1.807) is 18.2 Å². The summed E-state index contributed by atoms with van der Waals surface area (Å²) in [6.07, 6.45) is 0.165. The SMILES string of the molecule is O=C1CCNC(=O)C1C1=NS(=O)(=O)c2ccccc2N1. The number of nitrogens with one attached hydrogen (secondary N) is 2. The fraction of sp³-hybridized carbons (Fsp3) is 0.250. The molecule has 1 atom stereocenters. The molecule has 1 amide bonds. The minimum atomic E-state index is -3.89. The number of sulfonamides is 1. The topological polar surface area (TPSA) is 105 Å². The molecule has 1 aromatic rings. The maximum absolute atomic E-state index is 12.1. The highest BCUT2D eigenvalue weighted by molar-refractivity contribution is 7.90. The second kappa shape index (κ2) is 4.41. The van der Waals surface area contributed by atoms with Gasteiger partial charge in [0.1, 0.15) is 10.7 Å². The highest BCUT2D eigenvalue weighted by atomic mass is 32.2. The number of benzene rings is 1. The molecule has 2 aliphatic heterocycles. The highest BCUT2D eigenvalue weighted by Crippen LogP contribution is 2.28. The zero-order valence-electron chi connectivity index (χ0n) is 10.3. The van der Waals surface area contributed by atoms with Gasteiger partial charge in [-0.1, -0.05) is 12.1 Å². The van der Waals surface area contributed by atoms with Gasteiger partial charge in [0.2, 0.25) is 5.91 Å². The Hall–Kier alpha value is -2.22. The lowest BCUT2D eigenvalue weighted by molar-refractivity contribution is -0.133. The van der Waals surface area contributed by atoms with E-state index in [0.717, 1.165) is 0 Å². The molecule has 20 heavy (non-hydrogen) atoms. The number of hydrogen-bond acceptors (Lipinski definition) is 5. The number of anilines is 1. The number of Topliss-reactive ketones (excluding diaryl/α,β-unsaturated/α-hetero) is 1. The van der Waals surface area contributed by atoms with E-state index in [4.69, 9.17) is 0 Å². The molecule has 0 bridgehead atoms. The van der Waals surface area contributed by atoms with Gasteiger partial charge in [-0.3, -0.25) is 9.59 Å². The fourth-order valence-corrected chi connectivity index (χ4v) is 3.39. The monoisotopic (exact) mass is 293 g/mol. The molecule has 2 heterocycles. The number of hydrogen-bond donors (Lipinski definition) is 2. The van der Waals surface area contributed by atoms with Crippen molar-refractivity contribution < 1.29 is 18.0 Å². The van der Waals surface area contributed by atoms with Gasteiger partial charge in [-0.05, 0) is 12.1 Å². The van der Waals surface area contributed by atoms with E-state index in [-0.39, 0.29) is 29.5 Å². The first-order valence-electron chi connectivity index (χ1n) is 6.00. The molecule has 0 radical (unpaired) electrons. The molecule has 8 heteroatoms. The summed E-state index contributed by atoms with van der Waals surface area (Å²) in [6.45, 7) is 0.269. The molecular formula is C12H11N3O4S. The molecule has 0 saturated carbocycles. The molecule has 0 aromatic heterocycles. The number of ketones is 1. The van der Waals surface area contributed by atoms with E-state index in [2.05, 4.69) is 15.0 Å². The van der Waals surface area contributed by atoms with Crippen LogP contribution in [0.5, 0.6) is 0 Å². The van der Waals surface area contributed by atoms with E-state index in [9.17, 15) is 18.0 Å². The number of rotatable bonds is 1. The van der Waals surface area contributed by atoms with E-state index in [1.807, 2.05) is 0 Å². The average molecular weight is 293 g/mol. The van der Waals surface area contributed by atoms with Crippen molar-refractivity contribution in [3.63, 3.8) is 0 Å². The molecule has 1 unspecified atom stereocenters. The molecule has 2 aliphatic rings. The number of carbonyl (C=O) groups excluding carboxylic acids is 2. The molecule has 3 rings (SSSR count). The number of nitrogens with zero attached hydrogens (tertiary/aromatic N) is 1. The predicted molar refractivity (Wildman–Crippen MR) is 70.8 cm³/mol. The molecular weight excluding hydrogens is 282 g/mol. The first-order valence-corrected chi connectivity index (χ1v) is 7.44. The summed E-state index contributed by atoms with van der Waals surface area (Å²) in [5.74, 6) is -2.19. The maximum Gasteiger partial charge on any atom is 0.286 e. The molecule has 1 fully saturated rings. The summed E-state index contributed by atoms with van der Waals surface area (Å²) in [7, 11) is -3.89. The van der Waals surface area contributed by atoms with Gasteiger partial charge in [0.05, 0.1) is 5.69 Å². The Morgan fingerprint density at radius 3 is 2.70 bits per heavy atom. The van der Waals surface area contributed by atoms with Crippen molar-refractivity contribution in [1.29, 1.82) is 0 Å². The molecule has 1 saturated heterocycles. The number of carbonyl (C=O) groups is 2. The van der Waals surface area contributed by atoms with Gasteiger partial charge in [-0.25, -0.2) is 0 Å². The van der Waals surface area contributed by atoms with Gasteiger partial charge in [-0.15, -0.1) is 4.40 Å². The van der Waals surface area contributed by atoms with E-state index < -0.39 is 21.8 Å². The smallest absolute Gasteiger partial charge is 0.286 e. The van der Waals surface area contributed by atoms with Gasteiger partial charge in [0.25, 0.3) is 10.0 Å². The van der Waals surface area contributed by atoms with Crippen LogP contribution >= 0.6 is 0 Å². The lowest BCUT2D eigenvalue weighted by atomic mass is 9.95. The van der Waals surface area contributed by atoms with Gasteiger partial charge < -0.3 is 10.6 Å². The van der Waals surface area contributed by atoms with Crippen molar-refractivity contribution in [2.24, 2.45) is 10.3 Å². The van der Waals surface area contributed by atoms with Crippen LogP contribution in [-0.4, -0.2) is 32.5 Å². The van der Waals surface area contributed by atoms with Crippen LogP contribution in [0.25, 0.3) is 0 Å². The summed E-state index contributed by atoms with van der Waals surface area (Å²) in [5, 5.41) is 5.31. The summed E-state index contributed by atoms with van der Waals surface area (Å²) in [5.41, 5.74) is 0.323. The van der Waals surface area contributed by atoms with Crippen LogP contribution in [0.1, 0.15) is 6.42 Å². The van der Waals surface area contributed by atoms with E-state index in [0.29, 0.717) is 5.69 Å². The third kappa shape index (κ3) is 1.97. The Kier molecular flexibility index (Phi) is 2.82. The lowest BCUT2D eigenvalue weighted by Gasteiger charge is -2.25. The van der Waals surface area contributed by atoms with Crippen molar-refractivity contribution in [1.82, 2.24) is 5.32 Å². The Labute approximate surface area is 115 Å². The number of fused-ring (bicyclic) bond motifs is 1. The van der Waals surface area contributed by atoms with Crippen LogP contribution < -0.4 is 10.6 Å². The van der Waals surface area contributed by atoms with Gasteiger partial charge >= 0.3 is 0 Å². The molecule has 2 N–H and O–H groups in total. The Morgan fingerprint density at radius 2 is 1.95 bits per heavy atom. The summed E-state index contributed by atoms with van der Waals surface area (Å²) in [6, 6.07) is 6.22. The normalized spacial score (nSPS) is 24.2. The first-order chi connectivity index (χ1) is 9.49. The van der Waals surface area contributed by atoms with Crippen molar-refractivity contribution in [2.75, 3.05) is 11.9 Å². The largest absolute Gasteiger partial charge is 0.355 e. The van der Waals surface area contributed by atoms with E-state index in [1.165, 1.54) is 6.07 Å². The quantitative estimate of drug-likeness (QED) is 0.704. The number of amides is 1. The first kappa shape index (κ1) is 12.8.